The Morgan fingerprint density at radius 2 is 2.05 bits per heavy atom. The molecule has 0 aliphatic heterocycles. The second-order valence-corrected chi connectivity index (χ2v) is 7.10. The molecular weight excluding hydrogens is 272 g/mol. The normalized spacial score (nSPS) is 16.1. The van der Waals surface area contributed by atoms with Gasteiger partial charge in [-0.3, -0.25) is 0 Å². The van der Waals surface area contributed by atoms with Gasteiger partial charge in [0, 0.05) is 6.54 Å². The third-order valence-electron chi connectivity index (χ3n) is 3.83. The number of rotatable bonds is 6. The first-order valence-corrected chi connectivity index (χ1v) is 8.60. The molecule has 0 atom stereocenters. The lowest BCUT2D eigenvalue weighted by Crippen LogP contribution is -2.25. The Balaban J connectivity index is 1.85. The molecule has 1 saturated carbocycles. The van der Waals surface area contributed by atoms with E-state index in [4.69, 9.17) is 5.26 Å². The quantitative estimate of drug-likeness (QED) is 0.820. The topological polar surface area (TPSA) is 70.0 Å². The molecule has 0 amide bonds. The van der Waals surface area contributed by atoms with E-state index >= 15 is 0 Å². The molecule has 4 nitrogen and oxygen atoms in total. The number of hydrogen-bond acceptors (Lipinski definition) is 3. The van der Waals surface area contributed by atoms with Gasteiger partial charge in [0.25, 0.3) is 0 Å². The summed E-state index contributed by atoms with van der Waals surface area (Å²) in [5.74, 6) is 0.779. The predicted molar refractivity (Wildman–Crippen MR) is 77.5 cm³/mol. The summed E-state index contributed by atoms with van der Waals surface area (Å²) in [4.78, 5) is 0.164. The Morgan fingerprint density at radius 1 is 1.30 bits per heavy atom. The van der Waals surface area contributed by atoms with Gasteiger partial charge >= 0.3 is 0 Å². The largest absolute Gasteiger partial charge is 0.240 e. The van der Waals surface area contributed by atoms with Crippen LogP contribution in [0, 0.1) is 17.2 Å². The molecule has 0 radical (unpaired) electrons. The SMILES string of the molecule is N#Cc1cccc(S(=O)(=O)NCCCC2CCCC2)c1. The van der Waals surface area contributed by atoms with Crippen LogP contribution in [0.3, 0.4) is 0 Å². The molecule has 1 aromatic carbocycles. The van der Waals surface area contributed by atoms with Crippen molar-refractivity contribution >= 4 is 10.0 Å². The summed E-state index contributed by atoms with van der Waals surface area (Å²) in [5, 5.41) is 8.80. The van der Waals surface area contributed by atoms with E-state index in [1.165, 1.54) is 37.8 Å². The molecule has 108 valence electrons. The van der Waals surface area contributed by atoms with Gasteiger partial charge in [-0.2, -0.15) is 5.26 Å². The second kappa shape index (κ2) is 6.87. The van der Waals surface area contributed by atoms with Gasteiger partial charge in [-0.25, -0.2) is 13.1 Å². The minimum atomic E-state index is -3.49. The lowest BCUT2D eigenvalue weighted by atomic mass is 10.0. The average Bonchev–Trinajstić information content (AvgIpc) is 2.97. The average molecular weight is 292 g/mol. The molecule has 1 N–H and O–H groups in total. The third kappa shape index (κ3) is 4.06. The number of sulfonamides is 1. The molecule has 1 fully saturated rings. The van der Waals surface area contributed by atoms with E-state index in [-0.39, 0.29) is 4.90 Å². The van der Waals surface area contributed by atoms with Crippen molar-refractivity contribution in [1.29, 1.82) is 5.26 Å². The van der Waals surface area contributed by atoms with Crippen molar-refractivity contribution < 1.29 is 8.42 Å². The molecule has 2 rings (SSSR count). The summed E-state index contributed by atoms with van der Waals surface area (Å²) >= 11 is 0. The molecule has 20 heavy (non-hydrogen) atoms. The van der Waals surface area contributed by atoms with Crippen molar-refractivity contribution in [2.45, 2.75) is 43.4 Å². The van der Waals surface area contributed by atoms with Gasteiger partial charge in [-0.05, 0) is 37.0 Å². The maximum atomic E-state index is 12.1. The summed E-state index contributed by atoms with van der Waals surface area (Å²) in [6.45, 7) is 0.468. The number of benzene rings is 1. The van der Waals surface area contributed by atoms with E-state index in [9.17, 15) is 8.42 Å². The van der Waals surface area contributed by atoms with Crippen LogP contribution in [0.25, 0.3) is 0 Å². The van der Waals surface area contributed by atoms with Crippen molar-refractivity contribution in [2.75, 3.05) is 6.54 Å². The van der Waals surface area contributed by atoms with Crippen LogP contribution in [-0.2, 0) is 10.0 Å². The molecule has 0 saturated heterocycles. The third-order valence-corrected chi connectivity index (χ3v) is 5.29. The van der Waals surface area contributed by atoms with E-state index in [0.717, 1.165) is 18.8 Å². The Hall–Kier alpha value is -1.38. The standard InChI is InChI=1S/C15H20N2O2S/c16-12-14-7-3-9-15(11-14)20(18,19)17-10-4-8-13-5-1-2-6-13/h3,7,9,11,13,17H,1-2,4-6,8,10H2. The van der Waals surface area contributed by atoms with Crippen LogP contribution in [0.2, 0.25) is 0 Å². The fraction of sp³-hybridized carbons (Fsp3) is 0.533. The van der Waals surface area contributed by atoms with Crippen LogP contribution in [0.1, 0.15) is 44.1 Å². The summed E-state index contributed by atoms with van der Waals surface area (Å²) < 4.78 is 26.8. The molecular formula is C15H20N2O2S. The number of nitriles is 1. The monoisotopic (exact) mass is 292 g/mol. The van der Waals surface area contributed by atoms with Crippen LogP contribution in [-0.4, -0.2) is 15.0 Å². The fourth-order valence-corrected chi connectivity index (χ4v) is 3.83. The van der Waals surface area contributed by atoms with Crippen LogP contribution in [0.5, 0.6) is 0 Å². The minimum absolute atomic E-state index is 0.164. The fourth-order valence-electron chi connectivity index (χ4n) is 2.71. The lowest BCUT2D eigenvalue weighted by molar-refractivity contribution is 0.480. The van der Waals surface area contributed by atoms with Crippen molar-refractivity contribution in [3.8, 4) is 6.07 Å². The van der Waals surface area contributed by atoms with Gasteiger partial charge in [0.1, 0.15) is 0 Å². The van der Waals surface area contributed by atoms with Gasteiger partial charge in [-0.1, -0.05) is 31.7 Å². The van der Waals surface area contributed by atoms with E-state index in [1.54, 1.807) is 12.1 Å². The number of nitrogens with zero attached hydrogens (tertiary/aromatic N) is 1. The maximum absolute atomic E-state index is 12.1. The van der Waals surface area contributed by atoms with Gasteiger partial charge in [0.15, 0.2) is 0 Å². The maximum Gasteiger partial charge on any atom is 0.240 e. The highest BCUT2D eigenvalue weighted by atomic mass is 32.2. The van der Waals surface area contributed by atoms with Crippen LogP contribution in [0.4, 0.5) is 0 Å². The summed E-state index contributed by atoms with van der Waals surface area (Å²) in [5.41, 5.74) is 0.360. The molecule has 5 heteroatoms. The second-order valence-electron chi connectivity index (χ2n) is 5.33. The Labute approximate surface area is 120 Å². The van der Waals surface area contributed by atoms with Gasteiger partial charge in [-0.15, -0.1) is 0 Å². The zero-order chi connectivity index (χ0) is 14.4. The first kappa shape index (κ1) is 15.0. The van der Waals surface area contributed by atoms with E-state index in [0.29, 0.717) is 12.1 Å². The van der Waals surface area contributed by atoms with Crippen LogP contribution < -0.4 is 4.72 Å². The highest BCUT2D eigenvalue weighted by Gasteiger charge is 2.16. The van der Waals surface area contributed by atoms with E-state index < -0.39 is 10.0 Å². The highest BCUT2D eigenvalue weighted by molar-refractivity contribution is 7.89. The molecule has 0 bridgehead atoms. The molecule has 1 aromatic rings. The highest BCUT2D eigenvalue weighted by Crippen LogP contribution is 2.28. The van der Waals surface area contributed by atoms with Gasteiger partial charge < -0.3 is 0 Å². The van der Waals surface area contributed by atoms with Crippen molar-refractivity contribution in [3.63, 3.8) is 0 Å². The van der Waals surface area contributed by atoms with Crippen LogP contribution in [0.15, 0.2) is 29.2 Å². The molecule has 0 aromatic heterocycles. The van der Waals surface area contributed by atoms with Crippen molar-refractivity contribution in [1.82, 2.24) is 4.72 Å². The number of nitrogens with one attached hydrogen (secondary N) is 1. The van der Waals surface area contributed by atoms with Gasteiger partial charge in [0.2, 0.25) is 10.0 Å². The van der Waals surface area contributed by atoms with E-state index in [1.807, 2.05) is 6.07 Å². The van der Waals surface area contributed by atoms with Gasteiger partial charge in [0.05, 0.1) is 16.5 Å². The smallest absolute Gasteiger partial charge is 0.211 e. The molecule has 0 heterocycles. The molecule has 1 aliphatic carbocycles. The lowest BCUT2D eigenvalue weighted by Gasteiger charge is -2.10. The Kier molecular flexibility index (Phi) is 5.16. The Morgan fingerprint density at radius 3 is 2.75 bits per heavy atom. The van der Waals surface area contributed by atoms with Crippen molar-refractivity contribution in [3.05, 3.63) is 29.8 Å². The predicted octanol–water partition coefficient (Wildman–Crippen LogP) is 2.81. The Bertz CT molecular complexity index is 584. The zero-order valence-corrected chi connectivity index (χ0v) is 12.3. The van der Waals surface area contributed by atoms with Crippen molar-refractivity contribution in [2.24, 2.45) is 5.92 Å². The molecule has 0 unspecified atom stereocenters. The zero-order valence-electron chi connectivity index (χ0n) is 11.5. The molecule has 1 aliphatic rings. The summed E-state index contributed by atoms with van der Waals surface area (Å²) in [6.07, 6.45) is 7.19. The van der Waals surface area contributed by atoms with Crippen LogP contribution >= 0.6 is 0 Å². The first-order valence-electron chi connectivity index (χ1n) is 7.11. The first-order chi connectivity index (χ1) is 9.62. The van der Waals surface area contributed by atoms with E-state index in [2.05, 4.69) is 4.72 Å². The number of hydrogen-bond donors (Lipinski definition) is 1. The summed E-state index contributed by atoms with van der Waals surface area (Å²) in [6, 6.07) is 8.05. The minimum Gasteiger partial charge on any atom is -0.211 e. The molecule has 0 spiro atoms. The summed E-state index contributed by atoms with van der Waals surface area (Å²) in [7, 11) is -3.49.